The topological polar surface area (TPSA) is 29.3 Å². The van der Waals surface area contributed by atoms with Crippen molar-refractivity contribution >= 4 is 28.9 Å². The molecule has 1 aromatic rings. The molecule has 0 aliphatic carbocycles. The Bertz CT molecular complexity index is 328. The highest BCUT2D eigenvalue weighted by Gasteiger charge is 2.07. The molecule has 0 amide bonds. The van der Waals surface area contributed by atoms with Crippen molar-refractivity contribution in [3.8, 4) is 0 Å². The second kappa shape index (κ2) is 5.59. The van der Waals surface area contributed by atoms with Crippen molar-refractivity contribution in [3.63, 3.8) is 0 Å². The molecule has 0 aliphatic rings. The Kier molecular flexibility index (Phi) is 4.71. The van der Waals surface area contributed by atoms with Gasteiger partial charge in [0.05, 0.1) is 10.0 Å². The van der Waals surface area contributed by atoms with E-state index in [0.717, 1.165) is 12.2 Å². The predicted molar refractivity (Wildman–Crippen MR) is 68.0 cm³/mol. The molecule has 0 spiro atoms. The van der Waals surface area contributed by atoms with Crippen molar-refractivity contribution in [2.45, 2.75) is 6.92 Å². The maximum atomic E-state index is 5.95. The summed E-state index contributed by atoms with van der Waals surface area (Å²) >= 11 is 11.8. The standard InChI is InChI=1S/C11H16Cl2N2/c1-8(6-14)7-15(2)9-3-4-10(12)11(13)5-9/h3-5,8H,6-7,14H2,1-2H3. The summed E-state index contributed by atoms with van der Waals surface area (Å²) in [6.07, 6.45) is 0. The Morgan fingerprint density at radius 2 is 2.00 bits per heavy atom. The maximum absolute atomic E-state index is 5.95. The molecule has 0 aromatic heterocycles. The average molecular weight is 247 g/mol. The van der Waals surface area contributed by atoms with Crippen LogP contribution in [-0.4, -0.2) is 20.1 Å². The van der Waals surface area contributed by atoms with Crippen LogP contribution in [0.25, 0.3) is 0 Å². The molecule has 1 unspecified atom stereocenters. The highest BCUT2D eigenvalue weighted by Crippen LogP contribution is 2.26. The molecule has 0 aliphatic heterocycles. The highest BCUT2D eigenvalue weighted by atomic mass is 35.5. The quantitative estimate of drug-likeness (QED) is 0.886. The van der Waals surface area contributed by atoms with E-state index in [0.29, 0.717) is 22.5 Å². The van der Waals surface area contributed by atoms with E-state index in [4.69, 9.17) is 28.9 Å². The van der Waals surface area contributed by atoms with Gasteiger partial charge in [0, 0.05) is 19.3 Å². The number of halogens is 2. The molecule has 2 nitrogen and oxygen atoms in total. The van der Waals surface area contributed by atoms with Crippen LogP contribution >= 0.6 is 23.2 Å². The number of nitrogens with zero attached hydrogens (tertiary/aromatic N) is 1. The van der Waals surface area contributed by atoms with E-state index in [-0.39, 0.29) is 0 Å². The Hall–Kier alpha value is -0.440. The fourth-order valence-electron chi connectivity index (χ4n) is 1.37. The summed E-state index contributed by atoms with van der Waals surface area (Å²) in [6.45, 7) is 3.72. The minimum absolute atomic E-state index is 0.462. The first-order chi connectivity index (χ1) is 7.04. The second-order valence-electron chi connectivity index (χ2n) is 3.82. The number of benzene rings is 1. The van der Waals surface area contributed by atoms with Gasteiger partial charge in [-0.15, -0.1) is 0 Å². The zero-order valence-electron chi connectivity index (χ0n) is 9.00. The van der Waals surface area contributed by atoms with E-state index >= 15 is 0 Å². The van der Waals surface area contributed by atoms with Gasteiger partial charge in [-0.25, -0.2) is 0 Å². The fraction of sp³-hybridized carbons (Fsp3) is 0.455. The molecule has 2 N–H and O–H groups in total. The van der Waals surface area contributed by atoms with Crippen LogP contribution in [-0.2, 0) is 0 Å². The molecule has 1 atom stereocenters. The molecular formula is C11H16Cl2N2. The lowest BCUT2D eigenvalue weighted by Gasteiger charge is -2.23. The van der Waals surface area contributed by atoms with Gasteiger partial charge in [0.15, 0.2) is 0 Å². The van der Waals surface area contributed by atoms with Crippen LogP contribution in [0.2, 0.25) is 10.0 Å². The van der Waals surface area contributed by atoms with Crippen molar-refractivity contribution in [1.29, 1.82) is 0 Å². The van der Waals surface area contributed by atoms with E-state index in [1.54, 1.807) is 0 Å². The molecule has 4 heteroatoms. The fourth-order valence-corrected chi connectivity index (χ4v) is 1.66. The number of hydrogen-bond donors (Lipinski definition) is 1. The first-order valence-electron chi connectivity index (χ1n) is 4.91. The molecule has 15 heavy (non-hydrogen) atoms. The summed E-state index contributed by atoms with van der Waals surface area (Å²) in [5, 5.41) is 1.17. The van der Waals surface area contributed by atoms with Crippen molar-refractivity contribution in [1.82, 2.24) is 0 Å². The number of nitrogens with two attached hydrogens (primary N) is 1. The molecular weight excluding hydrogens is 231 g/mol. The summed E-state index contributed by atoms with van der Waals surface area (Å²) in [7, 11) is 2.02. The molecule has 1 aromatic carbocycles. The second-order valence-corrected chi connectivity index (χ2v) is 4.63. The maximum Gasteiger partial charge on any atom is 0.0612 e. The summed E-state index contributed by atoms with van der Waals surface area (Å²) in [6, 6.07) is 5.63. The lowest BCUT2D eigenvalue weighted by atomic mass is 10.1. The summed E-state index contributed by atoms with van der Waals surface area (Å²) in [4.78, 5) is 2.12. The molecule has 0 fully saturated rings. The number of anilines is 1. The molecule has 0 saturated heterocycles. The van der Waals surface area contributed by atoms with Crippen molar-refractivity contribution in [2.75, 3.05) is 25.0 Å². The largest absolute Gasteiger partial charge is 0.374 e. The van der Waals surface area contributed by atoms with Gasteiger partial charge < -0.3 is 10.6 Å². The molecule has 0 radical (unpaired) electrons. The first kappa shape index (κ1) is 12.6. The molecule has 84 valence electrons. The normalized spacial score (nSPS) is 12.6. The Morgan fingerprint density at radius 1 is 1.33 bits per heavy atom. The van der Waals surface area contributed by atoms with Crippen molar-refractivity contribution < 1.29 is 0 Å². The monoisotopic (exact) mass is 246 g/mol. The minimum atomic E-state index is 0.462. The van der Waals surface area contributed by atoms with Crippen LogP contribution in [0.3, 0.4) is 0 Å². The molecule has 0 saturated carbocycles. The lowest BCUT2D eigenvalue weighted by molar-refractivity contribution is 0.590. The van der Waals surface area contributed by atoms with E-state index in [9.17, 15) is 0 Å². The van der Waals surface area contributed by atoms with Crippen molar-refractivity contribution in [3.05, 3.63) is 28.2 Å². The Morgan fingerprint density at radius 3 is 2.53 bits per heavy atom. The minimum Gasteiger partial charge on any atom is -0.374 e. The molecule has 0 heterocycles. The van der Waals surface area contributed by atoms with Gasteiger partial charge in [0.1, 0.15) is 0 Å². The number of rotatable bonds is 4. The van der Waals surface area contributed by atoms with Crippen molar-refractivity contribution in [2.24, 2.45) is 11.7 Å². The molecule has 0 bridgehead atoms. The molecule has 1 rings (SSSR count). The summed E-state index contributed by atoms with van der Waals surface area (Å²) < 4.78 is 0. The van der Waals surface area contributed by atoms with E-state index in [1.807, 2.05) is 25.2 Å². The third kappa shape index (κ3) is 3.56. The van der Waals surface area contributed by atoms with Gasteiger partial charge >= 0.3 is 0 Å². The van der Waals surface area contributed by atoms with Crippen LogP contribution < -0.4 is 10.6 Å². The summed E-state index contributed by atoms with van der Waals surface area (Å²) in [5.74, 6) is 0.462. The van der Waals surface area contributed by atoms with Gasteiger partial charge in [0.25, 0.3) is 0 Å². The zero-order valence-corrected chi connectivity index (χ0v) is 10.5. The van der Waals surface area contributed by atoms with Gasteiger partial charge in [-0.2, -0.15) is 0 Å². The smallest absolute Gasteiger partial charge is 0.0612 e. The highest BCUT2D eigenvalue weighted by molar-refractivity contribution is 6.42. The van der Waals surface area contributed by atoms with Gasteiger partial charge in [-0.05, 0) is 30.7 Å². The van der Waals surface area contributed by atoms with Crippen LogP contribution in [0.4, 0.5) is 5.69 Å². The third-order valence-corrected chi connectivity index (χ3v) is 3.07. The number of hydrogen-bond acceptors (Lipinski definition) is 2. The SMILES string of the molecule is CC(CN)CN(C)c1ccc(Cl)c(Cl)c1. The summed E-state index contributed by atoms with van der Waals surface area (Å²) in [5.41, 5.74) is 6.64. The average Bonchev–Trinajstić information content (AvgIpc) is 2.21. The van der Waals surface area contributed by atoms with Gasteiger partial charge in [0.2, 0.25) is 0 Å². The zero-order chi connectivity index (χ0) is 11.4. The van der Waals surface area contributed by atoms with Crippen LogP contribution in [0, 0.1) is 5.92 Å². The third-order valence-electron chi connectivity index (χ3n) is 2.33. The van der Waals surface area contributed by atoms with E-state index in [2.05, 4.69) is 11.8 Å². The van der Waals surface area contributed by atoms with E-state index in [1.165, 1.54) is 0 Å². The van der Waals surface area contributed by atoms with Gasteiger partial charge in [-0.1, -0.05) is 30.1 Å². The van der Waals surface area contributed by atoms with Crippen LogP contribution in [0.1, 0.15) is 6.92 Å². The lowest BCUT2D eigenvalue weighted by Crippen LogP contribution is -2.28. The first-order valence-corrected chi connectivity index (χ1v) is 5.66. The Labute approximate surface area is 101 Å². The van der Waals surface area contributed by atoms with Crippen LogP contribution in [0.5, 0.6) is 0 Å². The van der Waals surface area contributed by atoms with Crippen LogP contribution in [0.15, 0.2) is 18.2 Å². The van der Waals surface area contributed by atoms with Gasteiger partial charge in [-0.3, -0.25) is 0 Å². The predicted octanol–water partition coefficient (Wildman–Crippen LogP) is 3.02. The van der Waals surface area contributed by atoms with E-state index < -0.39 is 0 Å². The Balaban J connectivity index is 2.73.